The van der Waals surface area contributed by atoms with Crippen molar-refractivity contribution in [3.05, 3.63) is 56.6 Å². The van der Waals surface area contributed by atoms with Crippen molar-refractivity contribution in [2.24, 2.45) is 0 Å². The van der Waals surface area contributed by atoms with E-state index in [9.17, 15) is 14.4 Å². The topological polar surface area (TPSA) is 126 Å². The molecule has 3 aromatic heterocycles. The van der Waals surface area contributed by atoms with Crippen LogP contribution in [0.3, 0.4) is 0 Å². The Balaban J connectivity index is 1.84. The number of hydrogen-bond acceptors (Lipinski definition) is 7. The van der Waals surface area contributed by atoms with Gasteiger partial charge in [0.2, 0.25) is 5.95 Å². The molecule has 0 bridgehead atoms. The van der Waals surface area contributed by atoms with Gasteiger partial charge in [0.1, 0.15) is 5.65 Å². The normalized spacial score (nSPS) is 10.9. The number of hydrogen-bond donors (Lipinski definition) is 2. The van der Waals surface area contributed by atoms with Crippen LogP contribution in [0.2, 0.25) is 0 Å². The molecule has 0 atom stereocenters. The summed E-state index contributed by atoms with van der Waals surface area (Å²) in [6, 6.07) is 3.16. The van der Waals surface area contributed by atoms with Gasteiger partial charge in [0.15, 0.2) is 0 Å². The van der Waals surface area contributed by atoms with E-state index in [4.69, 9.17) is 0 Å². The first-order chi connectivity index (χ1) is 13.9. The summed E-state index contributed by atoms with van der Waals surface area (Å²) in [5.41, 5.74) is 0.0882. The van der Waals surface area contributed by atoms with E-state index in [2.05, 4.69) is 25.3 Å². The van der Waals surface area contributed by atoms with Crippen LogP contribution >= 0.6 is 0 Å². The molecule has 0 saturated heterocycles. The quantitative estimate of drug-likeness (QED) is 0.600. The second-order valence-electron chi connectivity index (χ2n) is 6.78. The largest absolute Gasteiger partial charge is 0.347 e. The van der Waals surface area contributed by atoms with Crippen molar-refractivity contribution in [1.82, 2.24) is 29.8 Å². The molecular formula is C19H23N7O3. The molecule has 3 rings (SSSR count). The Bertz CT molecular complexity index is 1150. The molecule has 3 aromatic rings. The number of aromatic nitrogens is 5. The first-order valence-electron chi connectivity index (χ1n) is 9.31. The Hall–Kier alpha value is -3.56. The van der Waals surface area contributed by atoms with Crippen molar-refractivity contribution in [3.8, 4) is 0 Å². The van der Waals surface area contributed by atoms with Crippen LogP contribution < -0.4 is 21.5 Å². The fourth-order valence-electron chi connectivity index (χ4n) is 2.79. The molecule has 152 valence electrons. The number of carbonyl (C=O) groups is 1. The highest BCUT2D eigenvalue weighted by Crippen LogP contribution is 2.09. The zero-order valence-corrected chi connectivity index (χ0v) is 16.6. The number of pyridine rings is 1. The smallest absolute Gasteiger partial charge is 0.329 e. The highest BCUT2D eigenvalue weighted by atomic mass is 16.2. The van der Waals surface area contributed by atoms with Gasteiger partial charge in [-0.15, -0.1) is 0 Å². The van der Waals surface area contributed by atoms with Gasteiger partial charge < -0.3 is 10.2 Å². The van der Waals surface area contributed by atoms with Gasteiger partial charge in [0.25, 0.3) is 11.5 Å². The lowest BCUT2D eigenvalue weighted by molar-refractivity contribution is 0.0950. The summed E-state index contributed by atoms with van der Waals surface area (Å²) in [5.74, 6) is 0.149. The van der Waals surface area contributed by atoms with Crippen LogP contribution in [0.15, 0.2) is 34.1 Å². The average Bonchev–Trinajstić information content (AvgIpc) is 2.71. The standard InChI is InChI=1S/C19H23N7O3/c1-4-5-8-26-15-14(17(28)24-19(26)29)9-12(10-21-15)16(27)22-11-13-6-7-20-18(23-13)25(2)3/h6-7,9-10H,4-5,8,11H2,1-3H3,(H,22,27)(H,24,28,29). The van der Waals surface area contributed by atoms with Crippen molar-refractivity contribution in [1.29, 1.82) is 0 Å². The van der Waals surface area contributed by atoms with Gasteiger partial charge >= 0.3 is 5.69 Å². The summed E-state index contributed by atoms with van der Waals surface area (Å²) in [7, 11) is 3.66. The van der Waals surface area contributed by atoms with Crippen LogP contribution in [0.1, 0.15) is 35.8 Å². The van der Waals surface area contributed by atoms with E-state index in [1.165, 1.54) is 16.8 Å². The molecule has 0 aromatic carbocycles. The molecule has 0 aliphatic heterocycles. The maximum atomic E-state index is 12.5. The van der Waals surface area contributed by atoms with E-state index in [-0.39, 0.29) is 23.1 Å². The summed E-state index contributed by atoms with van der Waals surface area (Å²) < 4.78 is 1.42. The molecule has 0 saturated carbocycles. The number of nitrogens with one attached hydrogen (secondary N) is 2. The van der Waals surface area contributed by atoms with E-state index >= 15 is 0 Å². The van der Waals surface area contributed by atoms with E-state index in [0.717, 1.165) is 12.8 Å². The number of aryl methyl sites for hydroxylation is 1. The Labute approximate surface area is 166 Å². The predicted octanol–water partition coefficient (Wildman–Crippen LogP) is 0.671. The molecule has 10 nitrogen and oxygen atoms in total. The summed E-state index contributed by atoms with van der Waals surface area (Å²) in [5, 5.41) is 2.96. The number of fused-ring (bicyclic) bond motifs is 1. The average molecular weight is 397 g/mol. The second-order valence-corrected chi connectivity index (χ2v) is 6.78. The van der Waals surface area contributed by atoms with E-state index in [0.29, 0.717) is 18.2 Å². The van der Waals surface area contributed by atoms with Crippen LogP contribution in [0.25, 0.3) is 11.0 Å². The Morgan fingerprint density at radius 3 is 2.79 bits per heavy atom. The second kappa shape index (κ2) is 8.63. The fraction of sp³-hybridized carbons (Fsp3) is 0.368. The number of amides is 1. The molecule has 0 spiro atoms. The van der Waals surface area contributed by atoms with Crippen LogP contribution in [0.5, 0.6) is 0 Å². The molecule has 0 unspecified atom stereocenters. The van der Waals surface area contributed by atoms with Gasteiger partial charge in [-0.25, -0.2) is 19.7 Å². The molecule has 3 heterocycles. The minimum atomic E-state index is -0.564. The van der Waals surface area contributed by atoms with Crippen molar-refractivity contribution in [2.75, 3.05) is 19.0 Å². The van der Waals surface area contributed by atoms with Gasteiger partial charge in [-0.05, 0) is 18.6 Å². The van der Waals surface area contributed by atoms with Crippen molar-refractivity contribution in [3.63, 3.8) is 0 Å². The van der Waals surface area contributed by atoms with Gasteiger partial charge in [-0.2, -0.15) is 0 Å². The van der Waals surface area contributed by atoms with Crippen LogP contribution in [0.4, 0.5) is 5.95 Å². The number of carbonyl (C=O) groups excluding carboxylic acids is 1. The molecule has 0 aliphatic rings. The third kappa shape index (κ3) is 4.48. The van der Waals surface area contributed by atoms with Gasteiger partial charge in [-0.1, -0.05) is 13.3 Å². The zero-order valence-electron chi connectivity index (χ0n) is 16.6. The molecule has 2 N–H and O–H groups in total. The number of anilines is 1. The number of rotatable bonds is 7. The van der Waals surface area contributed by atoms with E-state index < -0.39 is 17.2 Å². The van der Waals surface area contributed by atoms with E-state index in [1.807, 2.05) is 21.0 Å². The van der Waals surface area contributed by atoms with Crippen molar-refractivity contribution < 1.29 is 4.79 Å². The fourth-order valence-corrected chi connectivity index (χ4v) is 2.79. The SMILES string of the molecule is CCCCn1c(=O)[nH]c(=O)c2cc(C(=O)NCc3ccnc(N(C)C)n3)cnc21. The molecule has 0 fully saturated rings. The number of nitrogens with zero attached hydrogens (tertiary/aromatic N) is 5. The minimum Gasteiger partial charge on any atom is -0.347 e. The monoisotopic (exact) mass is 397 g/mol. The molecule has 0 radical (unpaired) electrons. The number of aromatic amines is 1. The summed E-state index contributed by atoms with van der Waals surface area (Å²) in [4.78, 5) is 53.6. The van der Waals surface area contributed by atoms with Crippen molar-refractivity contribution in [2.45, 2.75) is 32.9 Å². The Kier molecular flexibility index (Phi) is 6.01. The molecule has 0 aliphatic carbocycles. The lowest BCUT2D eigenvalue weighted by atomic mass is 10.2. The molecule has 10 heteroatoms. The van der Waals surface area contributed by atoms with E-state index in [1.54, 1.807) is 17.2 Å². The maximum Gasteiger partial charge on any atom is 0.329 e. The highest BCUT2D eigenvalue weighted by Gasteiger charge is 2.13. The number of H-pyrrole nitrogens is 1. The summed E-state index contributed by atoms with van der Waals surface area (Å²) in [6.45, 7) is 2.66. The Morgan fingerprint density at radius 2 is 2.07 bits per heavy atom. The lowest BCUT2D eigenvalue weighted by Gasteiger charge is -2.11. The van der Waals surface area contributed by atoms with Gasteiger partial charge in [0.05, 0.1) is 23.2 Å². The first-order valence-corrected chi connectivity index (χ1v) is 9.31. The number of unbranched alkanes of at least 4 members (excludes halogenated alkanes) is 1. The van der Waals surface area contributed by atoms with Gasteiger partial charge in [0, 0.05) is 33.0 Å². The van der Waals surface area contributed by atoms with Gasteiger partial charge in [-0.3, -0.25) is 19.1 Å². The highest BCUT2D eigenvalue weighted by molar-refractivity contribution is 5.96. The maximum absolute atomic E-state index is 12.5. The summed E-state index contributed by atoms with van der Waals surface area (Å²) >= 11 is 0. The zero-order chi connectivity index (χ0) is 21.0. The predicted molar refractivity (Wildman–Crippen MR) is 109 cm³/mol. The third-order valence-electron chi connectivity index (χ3n) is 4.36. The molecule has 1 amide bonds. The van der Waals surface area contributed by atoms with Crippen LogP contribution in [0, 0.1) is 0 Å². The van der Waals surface area contributed by atoms with Crippen LogP contribution in [-0.2, 0) is 13.1 Å². The van der Waals surface area contributed by atoms with Crippen molar-refractivity contribution >= 4 is 22.9 Å². The first kappa shape index (κ1) is 20.2. The summed E-state index contributed by atoms with van der Waals surface area (Å²) in [6.07, 6.45) is 4.66. The third-order valence-corrected chi connectivity index (χ3v) is 4.36. The minimum absolute atomic E-state index is 0.199. The molecular weight excluding hydrogens is 374 g/mol. The Morgan fingerprint density at radius 1 is 1.28 bits per heavy atom. The lowest BCUT2D eigenvalue weighted by Crippen LogP contribution is -2.31. The molecule has 29 heavy (non-hydrogen) atoms. The van der Waals surface area contributed by atoms with Crippen LogP contribution in [-0.4, -0.2) is 44.5 Å².